The SMILES string of the molecule is CNS(=O)(=O)c1ccc2c(c1)CN(C(=O)CO)C2C(=O)Nc1ccc(C(O)(C(F)(F)F)C(F)(F)F)cc1. The molecule has 0 saturated carbocycles. The van der Waals surface area contributed by atoms with Gasteiger partial charge in [-0.1, -0.05) is 18.2 Å². The number of carbonyl (C=O) groups is 2. The van der Waals surface area contributed by atoms with Crippen LogP contribution in [0.4, 0.5) is 32.0 Å². The van der Waals surface area contributed by atoms with Gasteiger partial charge in [-0.25, -0.2) is 13.1 Å². The lowest BCUT2D eigenvalue weighted by molar-refractivity contribution is -0.376. The number of rotatable bonds is 6. The van der Waals surface area contributed by atoms with Crippen LogP contribution in [0.3, 0.4) is 0 Å². The predicted molar refractivity (Wildman–Crippen MR) is 114 cm³/mol. The highest BCUT2D eigenvalue weighted by molar-refractivity contribution is 7.89. The summed E-state index contributed by atoms with van der Waals surface area (Å²) in [7, 11) is -2.69. The Morgan fingerprint density at radius 1 is 1.03 bits per heavy atom. The molecule has 37 heavy (non-hydrogen) atoms. The molecule has 0 radical (unpaired) electrons. The quantitative estimate of drug-likeness (QED) is 0.403. The van der Waals surface area contributed by atoms with Gasteiger partial charge in [-0.3, -0.25) is 9.59 Å². The van der Waals surface area contributed by atoms with E-state index < -0.39 is 58.0 Å². The molecule has 1 aliphatic rings. The summed E-state index contributed by atoms with van der Waals surface area (Å²) in [6.07, 6.45) is -12.2. The van der Waals surface area contributed by atoms with Gasteiger partial charge in [-0.05, 0) is 42.4 Å². The van der Waals surface area contributed by atoms with E-state index in [1.165, 1.54) is 25.2 Å². The van der Waals surface area contributed by atoms with Crippen molar-refractivity contribution >= 4 is 27.5 Å². The van der Waals surface area contributed by atoms with Crippen LogP contribution in [0.5, 0.6) is 0 Å². The molecule has 0 saturated heterocycles. The zero-order valence-corrected chi connectivity index (χ0v) is 19.5. The van der Waals surface area contributed by atoms with Gasteiger partial charge >= 0.3 is 12.4 Å². The lowest BCUT2D eigenvalue weighted by Crippen LogP contribution is -2.53. The van der Waals surface area contributed by atoms with Crippen LogP contribution in [0.25, 0.3) is 0 Å². The number of aliphatic hydroxyl groups is 2. The van der Waals surface area contributed by atoms with Crippen molar-refractivity contribution in [3.63, 3.8) is 0 Å². The number of hydrogen-bond donors (Lipinski definition) is 4. The fraction of sp³-hybridized carbons (Fsp3) is 0.333. The van der Waals surface area contributed by atoms with Crippen molar-refractivity contribution < 1.29 is 54.6 Å². The molecule has 0 aliphatic carbocycles. The van der Waals surface area contributed by atoms with Crippen LogP contribution in [-0.2, 0) is 31.8 Å². The van der Waals surface area contributed by atoms with E-state index in [9.17, 15) is 54.6 Å². The first-order valence-corrected chi connectivity index (χ1v) is 11.7. The summed E-state index contributed by atoms with van der Waals surface area (Å²) < 4.78 is 105. The number of sulfonamides is 1. The van der Waals surface area contributed by atoms with E-state index in [1.807, 2.05) is 0 Å². The summed E-state index contributed by atoms with van der Waals surface area (Å²) in [6.45, 7) is -1.26. The van der Waals surface area contributed by atoms with Crippen molar-refractivity contribution in [3.05, 3.63) is 59.2 Å². The summed E-state index contributed by atoms with van der Waals surface area (Å²) in [5.41, 5.74) is -6.50. The number of nitrogens with zero attached hydrogens (tertiary/aromatic N) is 1. The van der Waals surface area contributed by atoms with Crippen LogP contribution >= 0.6 is 0 Å². The van der Waals surface area contributed by atoms with E-state index >= 15 is 0 Å². The molecule has 3 rings (SSSR count). The zero-order valence-electron chi connectivity index (χ0n) is 18.7. The molecule has 9 nitrogen and oxygen atoms in total. The number of fused-ring (bicyclic) bond motifs is 1. The third kappa shape index (κ3) is 5.01. The second-order valence-corrected chi connectivity index (χ2v) is 9.81. The number of hydrogen-bond acceptors (Lipinski definition) is 6. The highest BCUT2D eigenvalue weighted by atomic mass is 32.2. The molecule has 1 aliphatic heterocycles. The molecule has 4 N–H and O–H groups in total. The van der Waals surface area contributed by atoms with Gasteiger partial charge in [0.25, 0.3) is 11.5 Å². The van der Waals surface area contributed by atoms with Crippen molar-refractivity contribution in [1.82, 2.24) is 9.62 Å². The molecule has 1 heterocycles. The van der Waals surface area contributed by atoms with Crippen molar-refractivity contribution in [2.75, 3.05) is 19.0 Å². The smallest absolute Gasteiger partial charge is 0.387 e. The molecule has 16 heteroatoms. The largest absolute Gasteiger partial charge is 0.430 e. The third-order valence-corrected chi connectivity index (χ3v) is 7.15. The summed E-state index contributed by atoms with van der Waals surface area (Å²) >= 11 is 0. The number of amides is 2. The Hall–Kier alpha value is -3.21. The fourth-order valence-electron chi connectivity index (χ4n) is 3.81. The maximum Gasteiger partial charge on any atom is 0.430 e. The van der Waals surface area contributed by atoms with Crippen molar-refractivity contribution in [1.29, 1.82) is 0 Å². The van der Waals surface area contributed by atoms with Crippen molar-refractivity contribution in [3.8, 4) is 0 Å². The first-order valence-electron chi connectivity index (χ1n) is 10.2. The second-order valence-electron chi connectivity index (χ2n) is 7.92. The van der Waals surface area contributed by atoms with Gasteiger partial charge in [0.15, 0.2) is 0 Å². The maximum atomic E-state index is 13.1. The van der Waals surface area contributed by atoms with Gasteiger partial charge in [0.05, 0.1) is 4.90 Å². The zero-order chi connectivity index (χ0) is 28.0. The Balaban J connectivity index is 1.94. The van der Waals surface area contributed by atoms with E-state index in [1.54, 1.807) is 0 Å². The molecule has 2 aromatic carbocycles. The van der Waals surface area contributed by atoms with Crippen LogP contribution in [0.1, 0.15) is 22.7 Å². The standard InChI is InChI=1S/C21H19F6N3O6S/c1-28-37(35,36)14-6-7-15-11(8-14)9-30(16(32)10-31)17(15)18(33)29-13-4-2-12(3-5-13)19(34,20(22,23)24)21(25,26)27/h2-8,17,28,31,34H,9-10H2,1H3,(H,29,33). The molecule has 1 atom stereocenters. The summed E-state index contributed by atoms with van der Waals surface area (Å²) in [6, 6.07) is 4.33. The Bertz CT molecular complexity index is 1300. The summed E-state index contributed by atoms with van der Waals surface area (Å²) in [5, 5.41) is 21.0. The minimum absolute atomic E-state index is 0.163. The monoisotopic (exact) mass is 555 g/mol. The molecule has 2 aromatic rings. The fourth-order valence-corrected chi connectivity index (χ4v) is 4.59. The first-order chi connectivity index (χ1) is 17.0. The number of anilines is 1. The number of aliphatic hydroxyl groups excluding tert-OH is 1. The average molecular weight is 555 g/mol. The van der Waals surface area contributed by atoms with Crippen LogP contribution in [0.2, 0.25) is 0 Å². The number of halogens is 6. The van der Waals surface area contributed by atoms with Crippen LogP contribution in [0, 0.1) is 0 Å². The van der Waals surface area contributed by atoms with E-state index in [4.69, 9.17) is 0 Å². The number of benzene rings is 2. The van der Waals surface area contributed by atoms with E-state index in [2.05, 4.69) is 10.0 Å². The first kappa shape index (κ1) is 28.4. The minimum atomic E-state index is -6.09. The Morgan fingerprint density at radius 3 is 2.08 bits per heavy atom. The van der Waals surface area contributed by atoms with Gasteiger partial charge in [-0.15, -0.1) is 0 Å². The summed E-state index contributed by atoms with van der Waals surface area (Å²) in [5.74, 6) is -1.84. The van der Waals surface area contributed by atoms with Gasteiger partial charge < -0.3 is 20.4 Å². The van der Waals surface area contributed by atoms with Gasteiger partial charge in [0.2, 0.25) is 15.9 Å². The number of carbonyl (C=O) groups excluding carboxylic acids is 2. The molecule has 0 aromatic heterocycles. The molecule has 0 spiro atoms. The normalized spacial score (nSPS) is 16.5. The molecule has 1 unspecified atom stereocenters. The van der Waals surface area contributed by atoms with Crippen molar-refractivity contribution in [2.24, 2.45) is 0 Å². The van der Waals surface area contributed by atoms with E-state index in [0.29, 0.717) is 24.3 Å². The molecular weight excluding hydrogens is 536 g/mol. The maximum absolute atomic E-state index is 13.1. The molecule has 202 valence electrons. The van der Waals surface area contributed by atoms with Gasteiger partial charge in [-0.2, -0.15) is 26.3 Å². The van der Waals surface area contributed by atoms with Crippen LogP contribution < -0.4 is 10.0 Å². The predicted octanol–water partition coefficient (Wildman–Crippen LogP) is 1.92. The highest BCUT2D eigenvalue weighted by Gasteiger charge is 2.71. The average Bonchev–Trinajstić information content (AvgIpc) is 3.21. The number of alkyl halides is 6. The second kappa shape index (κ2) is 9.59. The summed E-state index contributed by atoms with van der Waals surface area (Å²) in [4.78, 5) is 26.0. The van der Waals surface area contributed by atoms with Gasteiger partial charge in [0, 0.05) is 17.8 Å². The lowest BCUT2D eigenvalue weighted by Gasteiger charge is -2.32. The highest BCUT2D eigenvalue weighted by Crippen LogP contribution is 2.50. The van der Waals surface area contributed by atoms with Crippen molar-refractivity contribution in [2.45, 2.75) is 35.4 Å². The molecule has 2 amide bonds. The molecule has 0 fully saturated rings. The van der Waals surface area contributed by atoms with Crippen LogP contribution in [0.15, 0.2) is 47.4 Å². The Labute approximate surface area is 205 Å². The van der Waals surface area contributed by atoms with E-state index in [-0.39, 0.29) is 28.3 Å². The number of nitrogens with one attached hydrogen (secondary N) is 2. The molecular formula is C21H19F6N3O6S. The van der Waals surface area contributed by atoms with E-state index in [0.717, 1.165) is 4.90 Å². The minimum Gasteiger partial charge on any atom is -0.387 e. The van der Waals surface area contributed by atoms with Gasteiger partial charge in [0.1, 0.15) is 12.6 Å². The Morgan fingerprint density at radius 2 is 1.59 bits per heavy atom. The van der Waals surface area contributed by atoms with Crippen LogP contribution in [-0.4, -0.2) is 61.4 Å². The molecule has 0 bridgehead atoms. The Kier molecular flexibility index (Phi) is 7.35. The third-order valence-electron chi connectivity index (χ3n) is 5.74. The lowest BCUT2D eigenvalue weighted by atomic mass is 9.92. The topological polar surface area (TPSA) is 136 Å².